The van der Waals surface area contributed by atoms with Crippen molar-refractivity contribution in [1.29, 1.82) is 0 Å². The van der Waals surface area contributed by atoms with Crippen molar-refractivity contribution in [3.05, 3.63) is 82.0 Å². The third-order valence-electron chi connectivity index (χ3n) is 2.90. The minimum absolute atomic E-state index is 0.570. The minimum Gasteiger partial charge on any atom is -0.273 e. The first-order valence-electron chi connectivity index (χ1n) is 7.04. The Morgan fingerprint density at radius 1 is 0.840 bits per heavy atom. The second-order valence-corrected chi connectivity index (χ2v) is 7.18. The van der Waals surface area contributed by atoms with Crippen molar-refractivity contribution in [2.45, 2.75) is 0 Å². The molecule has 2 aromatic rings. The van der Waals surface area contributed by atoms with Crippen LogP contribution in [0, 0.1) is 0 Å². The maximum absolute atomic E-state index is 11.8. The fraction of sp³-hybridized carbons (Fsp3) is 0. The van der Waals surface area contributed by atoms with E-state index < -0.39 is 16.1 Å². The molecule has 0 radical (unpaired) electrons. The number of carbonyl (C=O) groups is 1. The Bertz CT molecular complexity index is 890. The molecule has 0 aliphatic heterocycles. The van der Waals surface area contributed by atoms with Gasteiger partial charge in [0.15, 0.2) is 0 Å². The van der Waals surface area contributed by atoms with Crippen LogP contribution in [0.25, 0.3) is 12.2 Å². The van der Waals surface area contributed by atoms with E-state index in [-0.39, 0.29) is 0 Å². The second kappa shape index (κ2) is 8.71. The van der Waals surface area contributed by atoms with Gasteiger partial charge in [-0.3, -0.25) is 9.52 Å². The highest BCUT2D eigenvalue weighted by atomic mass is 35.5. The summed E-state index contributed by atoms with van der Waals surface area (Å²) in [6.07, 6.45) is 5.33. The molecular formula is C17H14Cl2N2O3S. The molecule has 0 aliphatic rings. The van der Waals surface area contributed by atoms with Crippen LogP contribution in [0.1, 0.15) is 11.1 Å². The summed E-state index contributed by atoms with van der Waals surface area (Å²) in [5, 5.41) is 1.15. The van der Waals surface area contributed by atoms with Crippen LogP contribution in [-0.2, 0) is 15.0 Å². The zero-order chi connectivity index (χ0) is 18.3. The lowest BCUT2D eigenvalue weighted by molar-refractivity contribution is -0.114. The van der Waals surface area contributed by atoms with Crippen LogP contribution in [0.5, 0.6) is 0 Å². The van der Waals surface area contributed by atoms with Gasteiger partial charge in [0.25, 0.3) is 5.91 Å². The van der Waals surface area contributed by atoms with Crippen LogP contribution >= 0.6 is 23.2 Å². The molecule has 0 aromatic heterocycles. The molecular weight excluding hydrogens is 383 g/mol. The van der Waals surface area contributed by atoms with Crippen LogP contribution in [-0.4, -0.2) is 14.3 Å². The van der Waals surface area contributed by atoms with Crippen molar-refractivity contribution in [2.24, 2.45) is 0 Å². The van der Waals surface area contributed by atoms with Gasteiger partial charge >= 0.3 is 10.2 Å². The lowest BCUT2D eigenvalue weighted by Gasteiger charge is -2.03. The predicted octanol–water partition coefficient (Wildman–Crippen LogP) is 3.63. The summed E-state index contributed by atoms with van der Waals surface area (Å²) in [6, 6.07) is 13.5. The molecule has 2 aromatic carbocycles. The highest BCUT2D eigenvalue weighted by Gasteiger charge is 2.09. The summed E-state index contributed by atoms with van der Waals surface area (Å²) in [7, 11) is -4.00. The zero-order valence-electron chi connectivity index (χ0n) is 12.8. The van der Waals surface area contributed by atoms with Crippen LogP contribution in [0.4, 0.5) is 0 Å². The van der Waals surface area contributed by atoms with Gasteiger partial charge < -0.3 is 0 Å². The van der Waals surface area contributed by atoms with E-state index >= 15 is 0 Å². The largest absolute Gasteiger partial charge is 0.323 e. The number of benzene rings is 2. The molecule has 130 valence electrons. The molecule has 0 atom stereocenters. The number of hydrogen-bond donors (Lipinski definition) is 2. The van der Waals surface area contributed by atoms with Gasteiger partial charge in [-0.2, -0.15) is 8.42 Å². The van der Waals surface area contributed by atoms with E-state index in [9.17, 15) is 13.2 Å². The minimum atomic E-state index is -4.00. The Labute approximate surface area is 156 Å². The molecule has 0 bridgehead atoms. The summed E-state index contributed by atoms with van der Waals surface area (Å²) >= 11 is 11.5. The molecule has 0 saturated heterocycles. The number of amides is 1. The summed E-state index contributed by atoms with van der Waals surface area (Å²) in [5.41, 5.74) is 1.47. The van der Waals surface area contributed by atoms with Crippen LogP contribution < -0.4 is 9.44 Å². The van der Waals surface area contributed by atoms with E-state index in [1.807, 2.05) is 4.72 Å². The first-order chi connectivity index (χ1) is 11.8. The van der Waals surface area contributed by atoms with Gasteiger partial charge in [-0.05, 0) is 47.5 Å². The van der Waals surface area contributed by atoms with E-state index in [2.05, 4.69) is 4.72 Å². The molecule has 1 amide bonds. The average Bonchev–Trinajstić information content (AvgIpc) is 2.55. The highest BCUT2D eigenvalue weighted by molar-refractivity contribution is 7.88. The predicted molar refractivity (Wildman–Crippen MR) is 101 cm³/mol. The van der Waals surface area contributed by atoms with Crippen LogP contribution in [0.15, 0.2) is 60.8 Å². The summed E-state index contributed by atoms with van der Waals surface area (Å²) in [4.78, 5) is 11.7. The number of halogens is 2. The average molecular weight is 397 g/mol. The lowest BCUT2D eigenvalue weighted by Crippen LogP contribution is -2.36. The van der Waals surface area contributed by atoms with E-state index in [0.717, 1.165) is 11.6 Å². The Hall–Kier alpha value is -2.28. The van der Waals surface area contributed by atoms with E-state index in [1.54, 1.807) is 48.5 Å². The van der Waals surface area contributed by atoms with Gasteiger partial charge in [0.1, 0.15) is 0 Å². The van der Waals surface area contributed by atoms with Gasteiger partial charge in [0.05, 0.1) is 0 Å². The fourth-order valence-electron chi connectivity index (χ4n) is 1.74. The molecule has 0 fully saturated rings. The molecule has 2 rings (SSSR count). The molecule has 0 unspecified atom stereocenters. The SMILES string of the molecule is O=C(/C=C/c1ccc(Cl)cc1)NS(=O)(=O)N/C=C\c1ccc(Cl)cc1. The molecule has 5 nitrogen and oxygen atoms in total. The Kier molecular flexibility index (Phi) is 6.64. The highest BCUT2D eigenvalue weighted by Crippen LogP contribution is 2.11. The molecule has 0 aliphatic carbocycles. The third-order valence-corrected chi connectivity index (χ3v) is 4.32. The molecule has 0 spiro atoms. The summed E-state index contributed by atoms with van der Waals surface area (Å²) in [5.74, 6) is -0.776. The van der Waals surface area contributed by atoms with Gasteiger partial charge in [-0.25, -0.2) is 4.72 Å². The monoisotopic (exact) mass is 396 g/mol. The maximum atomic E-state index is 11.8. The number of hydrogen-bond acceptors (Lipinski definition) is 3. The van der Waals surface area contributed by atoms with Crippen LogP contribution in [0.3, 0.4) is 0 Å². The molecule has 8 heteroatoms. The van der Waals surface area contributed by atoms with Crippen molar-refractivity contribution < 1.29 is 13.2 Å². The standard InChI is InChI=1S/C17H14Cl2N2O3S/c18-15-6-1-13(2-7-15)5-10-17(22)21-25(23,24)20-12-11-14-3-8-16(19)9-4-14/h1-12,20H,(H,21,22)/b10-5+,12-11-. The Morgan fingerprint density at radius 2 is 1.32 bits per heavy atom. The van der Waals surface area contributed by atoms with Crippen molar-refractivity contribution in [1.82, 2.24) is 9.44 Å². The van der Waals surface area contributed by atoms with Gasteiger partial charge in [-0.1, -0.05) is 47.5 Å². The maximum Gasteiger partial charge on any atom is 0.323 e. The third kappa shape index (κ3) is 7.01. The Balaban J connectivity index is 1.90. The van der Waals surface area contributed by atoms with Crippen molar-refractivity contribution in [3.8, 4) is 0 Å². The normalized spacial score (nSPS) is 11.8. The van der Waals surface area contributed by atoms with Gasteiger partial charge in [-0.15, -0.1) is 0 Å². The smallest absolute Gasteiger partial charge is 0.273 e. The molecule has 0 saturated carbocycles. The molecule has 25 heavy (non-hydrogen) atoms. The lowest BCUT2D eigenvalue weighted by atomic mass is 10.2. The quantitative estimate of drug-likeness (QED) is 0.731. The molecule has 0 heterocycles. The summed E-state index contributed by atoms with van der Waals surface area (Å²) < 4.78 is 27.6. The van der Waals surface area contributed by atoms with E-state index in [0.29, 0.717) is 15.6 Å². The van der Waals surface area contributed by atoms with E-state index in [4.69, 9.17) is 23.2 Å². The van der Waals surface area contributed by atoms with Gasteiger partial charge in [0, 0.05) is 22.3 Å². The van der Waals surface area contributed by atoms with Crippen molar-refractivity contribution >= 4 is 51.5 Å². The summed E-state index contributed by atoms with van der Waals surface area (Å²) in [6.45, 7) is 0. The first-order valence-corrected chi connectivity index (χ1v) is 9.28. The topological polar surface area (TPSA) is 75.3 Å². The number of rotatable bonds is 6. The van der Waals surface area contributed by atoms with E-state index in [1.165, 1.54) is 18.4 Å². The zero-order valence-corrected chi connectivity index (χ0v) is 15.1. The van der Waals surface area contributed by atoms with Crippen LogP contribution in [0.2, 0.25) is 10.0 Å². The fourth-order valence-corrected chi connectivity index (χ4v) is 2.63. The first kappa shape index (κ1) is 19.1. The number of carbonyl (C=O) groups excluding carboxylic acids is 1. The Morgan fingerprint density at radius 3 is 1.84 bits per heavy atom. The second-order valence-electron chi connectivity index (χ2n) is 4.86. The molecule has 2 N–H and O–H groups in total. The van der Waals surface area contributed by atoms with Crippen molar-refractivity contribution in [2.75, 3.05) is 0 Å². The van der Waals surface area contributed by atoms with Crippen molar-refractivity contribution in [3.63, 3.8) is 0 Å². The number of nitrogens with one attached hydrogen (secondary N) is 2. The van der Waals surface area contributed by atoms with Gasteiger partial charge in [0.2, 0.25) is 0 Å².